The Kier molecular flexibility index (Phi) is 6.26. The molecule has 1 N–H and O–H groups in total. The van der Waals surface area contributed by atoms with Crippen molar-refractivity contribution in [1.29, 1.82) is 0 Å². The standard InChI is InChI=1S/C15H15Cl2NO5S/c16-12-3-1-10(7-13(12)17)2-4-15(20)23-8-14(19)18-11-5-6-24(21,22)9-11/h1-4,7,11H,5-6,8-9H2,(H,18,19)/b4-2+/t11-/m1/s1. The van der Waals surface area contributed by atoms with Crippen molar-refractivity contribution in [3.63, 3.8) is 0 Å². The molecule has 0 saturated carbocycles. The van der Waals surface area contributed by atoms with Crippen molar-refractivity contribution in [2.75, 3.05) is 18.1 Å². The lowest BCUT2D eigenvalue weighted by Crippen LogP contribution is -2.38. The molecule has 0 aliphatic carbocycles. The van der Waals surface area contributed by atoms with Gasteiger partial charge >= 0.3 is 5.97 Å². The van der Waals surface area contributed by atoms with Gasteiger partial charge in [-0.3, -0.25) is 4.79 Å². The second-order valence-corrected chi connectivity index (χ2v) is 8.33. The molecule has 1 heterocycles. The average molecular weight is 392 g/mol. The highest BCUT2D eigenvalue weighted by molar-refractivity contribution is 7.91. The van der Waals surface area contributed by atoms with Crippen LogP contribution in [-0.4, -0.2) is 44.4 Å². The van der Waals surface area contributed by atoms with E-state index < -0.39 is 34.4 Å². The van der Waals surface area contributed by atoms with Crippen molar-refractivity contribution < 1.29 is 22.7 Å². The summed E-state index contributed by atoms with van der Waals surface area (Å²) >= 11 is 11.6. The van der Waals surface area contributed by atoms with Gasteiger partial charge in [0.15, 0.2) is 16.4 Å². The summed E-state index contributed by atoms with van der Waals surface area (Å²) in [6.45, 7) is -0.471. The van der Waals surface area contributed by atoms with Gasteiger partial charge in [-0.05, 0) is 30.2 Å². The number of nitrogens with one attached hydrogen (secondary N) is 1. The van der Waals surface area contributed by atoms with Crippen LogP contribution < -0.4 is 5.32 Å². The Hall–Kier alpha value is -1.57. The molecule has 0 spiro atoms. The second kappa shape index (κ2) is 8.00. The van der Waals surface area contributed by atoms with Crippen LogP contribution in [0.5, 0.6) is 0 Å². The molecule has 1 aliphatic heterocycles. The molecule has 1 atom stereocenters. The summed E-state index contributed by atoms with van der Waals surface area (Å²) in [6.07, 6.45) is 3.01. The fourth-order valence-electron chi connectivity index (χ4n) is 2.14. The van der Waals surface area contributed by atoms with E-state index in [4.69, 9.17) is 27.9 Å². The van der Waals surface area contributed by atoms with Gasteiger partial charge in [-0.15, -0.1) is 0 Å². The quantitative estimate of drug-likeness (QED) is 0.610. The first kappa shape index (κ1) is 18.8. The number of hydrogen-bond acceptors (Lipinski definition) is 5. The van der Waals surface area contributed by atoms with Crippen LogP contribution in [0.3, 0.4) is 0 Å². The summed E-state index contributed by atoms with van der Waals surface area (Å²) in [7, 11) is -3.07. The van der Waals surface area contributed by atoms with Gasteiger partial charge in [-0.1, -0.05) is 29.3 Å². The lowest BCUT2D eigenvalue weighted by molar-refractivity contribution is -0.143. The van der Waals surface area contributed by atoms with Crippen LogP contribution in [0.2, 0.25) is 10.0 Å². The summed E-state index contributed by atoms with van der Waals surface area (Å²) in [5.74, 6) is -1.25. The van der Waals surface area contributed by atoms with Crippen LogP contribution in [-0.2, 0) is 24.2 Å². The van der Waals surface area contributed by atoms with E-state index in [1.165, 1.54) is 6.08 Å². The van der Waals surface area contributed by atoms with E-state index in [0.717, 1.165) is 6.08 Å². The van der Waals surface area contributed by atoms with E-state index in [1.807, 2.05) is 0 Å². The molecule has 0 unspecified atom stereocenters. The predicted octanol–water partition coefficient (Wildman–Crippen LogP) is 1.85. The van der Waals surface area contributed by atoms with Gasteiger partial charge in [0.1, 0.15) is 0 Å². The summed E-state index contributed by atoms with van der Waals surface area (Å²) in [5, 5.41) is 3.29. The monoisotopic (exact) mass is 391 g/mol. The van der Waals surface area contributed by atoms with Crippen LogP contribution in [0.15, 0.2) is 24.3 Å². The highest BCUT2D eigenvalue weighted by Crippen LogP contribution is 2.23. The molecule has 24 heavy (non-hydrogen) atoms. The fourth-order valence-corrected chi connectivity index (χ4v) is 4.12. The number of ether oxygens (including phenoxy) is 1. The van der Waals surface area contributed by atoms with E-state index in [2.05, 4.69) is 5.32 Å². The summed E-state index contributed by atoms with van der Waals surface area (Å²) in [5.41, 5.74) is 0.655. The van der Waals surface area contributed by atoms with Crippen molar-refractivity contribution in [3.05, 3.63) is 39.9 Å². The summed E-state index contributed by atoms with van der Waals surface area (Å²) < 4.78 is 27.4. The third-order valence-corrected chi connectivity index (χ3v) is 5.81. The van der Waals surface area contributed by atoms with Gasteiger partial charge in [0.05, 0.1) is 21.6 Å². The third-order valence-electron chi connectivity index (χ3n) is 3.30. The molecule has 1 amide bonds. The van der Waals surface area contributed by atoms with E-state index in [1.54, 1.807) is 18.2 Å². The molecule has 1 saturated heterocycles. The van der Waals surface area contributed by atoms with E-state index in [9.17, 15) is 18.0 Å². The molecule has 1 aromatic carbocycles. The molecule has 0 aromatic heterocycles. The number of hydrogen-bond donors (Lipinski definition) is 1. The van der Waals surface area contributed by atoms with Gasteiger partial charge in [-0.2, -0.15) is 0 Å². The maximum absolute atomic E-state index is 11.6. The van der Waals surface area contributed by atoms with Crippen LogP contribution in [0.4, 0.5) is 0 Å². The predicted molar refractivity (Wildman–Crippen MR) is 91.7 cm³/mol. The normalized spacial score (nSPS) is 19.3. The van der Waals surface area contributed by atoms with Gasteiger partial charge in [-0.25, -0.2) is 13.2 Å². The van der Waals surface area contributed by atoms with Crippen molar-refractivity contribution in [2.24, 2.45) is 0 Å². The zero-order valence-corrected chi connectivity index (χ0v) is 14.8. The highest BCUT2D eigenvalue weighted by atomic mass is 35.5. The lowest BCUT2D eigenvalue weighted by atomic mass is 10.2. The van der Waals surface area contributed by atoms with Crippen LogP contribution >= 0.6 is 23.2 Å². The Morgan fingerprint density at radius 2 is 2.04 bits per heavy atom. The molecular formula is C15H15Cl2NO5S. The smallest absolute Gasteiger partial charge is 0.331 e. The van der Waals surface area contributed by atoms with Gasteiger partial charge in [0, 0.05) is 12.1 Å². The van der Waals surface area contributed by atoms with E-state index in [-0.39, 0.29) is 11.5 Å². The third kappa shape index (κ3) is 5.81. The first-order valence-electron chi connectivity index (χ1n) is 7.05. The van der Waals surface area contributed by atoms with Crippen molar-refractivity contribution in [1.82, 2.24) is 5.32 Å². The Morgan fingerprint density at radius 3 is 2.67 bits per heavy atom. The molecule has 9 heteroatoms. The number of carbonyl (C=O) groups is 2. The fraction of sp³-hybridized carbons (Fsp3) is 0.333. The molecule has 2 rings (SSSR count). The van der Waals surface area contributed by atoms with E-state index >= 15 is 0 Å². The van der Waals surface area contributed by atoms with Gasteiger partial charge in [0.25, 0.3) is 5.91 Å². The minimum atomic E-state index is -3.07. The van der Waals surface area contributed by atoms with Crippen LogP contribution in [0, 0.1) is 0 Å². The largest absolute Gasteiger partial charge is 0.452 e. The Bertz CT molecular complexity index is 776. The van der Waals surface area contributed by atoms with Gasteiger partial charge < -0.3 is 10.1 Å². The maximum Gasteiger partial charge on any atom is 0.331 e. The number of benzene rings is 1. The second-order valence-electron chi connectivity index (χ2n) is 5.28. The van der Waals surface area contributed by atoms with E-state index in [0.29, 0.717) is 22.0 Å². The lowest BCUT2D eigenvalue weighted by Gasteiger charge is -2.10. The summed E-state index contributed by atoms with van der Waals surface area (Å²) in [4.78, 5) is 23.2. The highest BCUT2D eigenvalue weighted by Gasteiger charge is 2.28. The zero-order valence-electron chi connectivity index (χ0n) is 12.5. The molecular weight excluding hydrogens is 377 g/mol. The summed E-state index contributed by atoms with van der Waals surface area (Å²) in [6, 6.07) is 4.43. The van der Waals surface area contributed by atoms with Gasteiger partial charge in [0.2, 0.25) is 0 Å². The average Bonchev–Trinajstić information content (AvgIpc) is 2.85. The Labute approximate surface area is 149 Å². The maximum atomic E-state index is 11.6. The number of rotatable bonds is 5. The van der Waals surface area contributed by atoms with Crippen molar-refractivity contribution in [2.45, 2.75) is 12.5 Å². The first-order valence-corrected chi connectivity index (χ1v) is 9.62. The number of carbonyl (C=O) groups excluding carboxylic acids is 2. The topological polar surface area (TPSA) is 89.5 Å². The van der Waals surface area contributed by atoms with Crippen LogP contribution in [0.25, 0.3) is 6.08 Å². The number of sulfone groups is 1. The first-order chi connectivity index (χ1) is 11.2. The van der Waals surface area contributed by atoms with Crippen LogP contribution in [0.1, 0.15) is 12.0 Å². The minimum absolute atomic E-state index is 0.0596. The molecule has 6 nitrogen and oxygen atoms in total. The molecule has 1 aromatic rings. The van der Waals surface area contributed by atoms with Crippen molar-refractivity contribution >= 4 is 51.0 Å². The van der Waals surface area contributed by atoms with Crippen molar-refractivity contribution in [3.8, 4) is 0 Å². The molecule has 1 aliphatic rings. The zero-order chi connectivity index (χ0) is 17.7. The Morgan fingerprint density at radius 1 is 1.29 bits per heavy atom. The minimum Gasteiger partial charge on any atom is -0.452 e. The molecule has 1 fully saturated rings. The molecule has 0 bridgehead atoms. The number of halogens is 2. The number of esters is 1. The Balaban J connectivity index is 1.77. The SMILES string of the molecule is O=C(COC(=O)/C=C/c1ccc(Cl)c(Cl)c1)N[C@@H]1CCS(=O)(=O)C1. The molecule has 130 valence electrons. The number of amides is 1. The molecule has 0 radical (unpaired) electrons.